The van der Waals surface area contributed by atoms with Crippen molar-refractivity contribution < 1.29 is 9.90 Å². The Labute approximate surface area is 179 Å². The number of carbonyl (C=O) groups excluding carboxylic acids is 1. The summed E-state index contributed by atoms with van der Waals surface area (Å²) in [5.74, 6) is 0.415. The van der Waals surface area contributed by atoms with Gasteiger partial charge in [0, 0.05) is 40.7 Å². The van der Waals surface area contributed by atoms with Crippen molar-refractivity contribution in [2.75, 3.05) is 0 Å². The van der Waals surface area contributed by atoms with Crippen LogP contribution in [0, 0.1) is 6.92 Å². The van der Waals surface area contributed by atoms with Crippen LogP contribution < -0.4 is 0 Å². The number of H-pyrrole nitrogens is 1. The topological polar surface area (TPSA) is 66.0 Å². The average molecular weight is 407 g/mol. The molecule has 0 fully saturated rings. The molecule has 2 heterocycles. The van der Waals surface area contributed by atoms with Crippen molar-refractivity contribution in [1.82, 2.24) is 9.97 Å². The summed E-state index contributed by atoms with van der Waals surface area (Å²) in [6, 6.07) is 10.5. The van der Waals surface area contributed by atoms with Crippen LogP contribution in [0.3, 0.4) is 0 Å². The van der Waals surface area contributed by atoms with Crippen LogP contribution in [0.1, 0.15) is 82.5 Å². The molecule has 0 saturated carbocycles. The third kappa shape index (κ3) is 4.99. The molecule has 3 rings (SSSR count). The highest BCUT2D eigenvalue weighted by Gasteiger charge is 2.21. The maximum absolute atomic E-state index is 12.8. The minimum Gasteiger partial charge on any atom is -0.390 e. The summed E-state index contributed by atoms with van der Waals surface area (Å²) < 4.78 is 0. The zero-order valence-electron chi connectivity index (χ0n) is 19.0. The Hall–Kier alpha value is -2.46. The number of hydrogen-bond acceptors (Lipinski definition) is 3. The molecular weight excluding hydrogens is 372 g/mol. The molecule has 0 bridgehead atoms. The third-order valence-electron chi connectivity index (χ3n) is 5.82. The lowest BCUT2D eigenvalue weighted by atomic mass is 9.89. The maximum atomic E-state index is 12.8. The van der Waals surface area contributed by atoms with E-state index >= 15 is 0 Å². The van der Waals surface area contributed by atoms with Crippen molar-refractivity contribution in [2.45, 2.75) is 78.2 Å². The molecule has 2 aromatic heterocycles. The average Bonchev–Trinajstić information content (AvgIpc) is 3.05. The molecule has 2 N–H and O–H groups in total. The van der Waals surface area contributed by atoms with E-state index < -0.39 is 5.60 Å². The first-order valence-corrected chi connectivity index (χ1v) is 10.9. The van der Waals surface area contributed by atoms with Crippen LogP contribution in [0.25, 0.3) is 22.2 Å². The summed E-state index contributed by atoms with van der Waals surface area (Å²) in [7, 11) is 0. The number of Topliss-reactive ketones (excluding diaryl/α,β-unsaturated/α-hetero) is 1. The number of carbonyl (C=O) groups is 1. The number of nitrogens with one attached hydrogen (secondary N) is 1. The van der Waals surface area contributed by atoms with Crippen molar-refractivity contribution in [1.29, 1.82) is 0 Å². The van der Waals surface area contributed by atoms with Crippen LogP contribution in [0.15, 0.2) is 36.5 Å². The molecule has 4 heteroatoms. The van der Waals surface area contributed by atoms with Gasteiger partial charge in [0.2, 0.25) is 0 Å². The zero-order valence-corrected chi connectivity index (χ0v) is 19.0. The van der Waals surface area contributed by atoms with Gasteiger partial charge in [0.25, 0.3) is 0 Å². The number of benzene rings is 1. The Balaban J connectivity index is 1.93. The quantitative estimate of drug-likeness (QED) is 0.463. The number of fused-ring (bicyclic) bond motifs is 1. The molecule has 3 aromatic rings. The van der Waals surface area contributed by atoms with Crippen LogP contribution in [0.5, 0.6) is 0 Å². The molecule has 0 aliphatic rings. The van der Waals surface area contributed by atoms with E-state index in [2.05, 4.69) is 48.1 Å². The predicted octanol–water partition coefficient (Wildman–Crippen LogP) is 6.28. The summed E-state index contributed by atoms with van der Waals surface area (Å²) >= 11 is 0. The molecule has 4 nitrogen and oxygen atoms in total. The number of aryl methyl sites for hydroxylation is 1. The first-order valence-electron chi connectivity index (χ1n) is 10.9. The van der Waals surface area contributed by atoms with Gasteiger partial charge in [-0.2, -0.15) is 0 Å². The van der Waals surface area contributed by atoms with Crippen molar-refractivity contribution in [2.24, 2.45) is 0 Å². The molecule has 30 heavy (non-hydrogen) atoms. The summed E-state index contributed by atoms with van der Waals surface area (Å²) in [6.45, 7) is 12.0. The number of nitrogens with zero attached hydrogens (tertiary/aromatic N) is 1. The molecule has 1 unspecified atom stereocenters. The molecule has 0 spiro atoms. The third-order valence-corrected chi connectivity index (χ3v) is 5.82. The van der Waals surface area contributed by atoms with E-state index in [1.165, 1.54) is 10.9 Å². The van der Waals surface area contributed by atoms with E-state index in [0.717, 1.165) is 28.0 Å². The monoisotopic (exact) mass is 406 g/mol. The van der Waals surface area contributed by atoms with Gasteiger partial charge in [-0.25, -0.2) is 0 Å². The highest BCUT2D eigenvalue weighted by atomic mass is 16.3. The first kappa shape index (κ1) is 22.2. The molecular formula is C26H34N2O2. The summed E-state index contributed by atoms with van der Waals surface area (Å²) in [6.07, 6.45) is 3.69. The predicted molar refractivity (Wildman–Crippen MR) is 124 cm³/mol. The molecule has 0 radical (unpaired) electrons. The van der Waals surface area contributed by atoms with Crippen LogP contribution in [0.4, 0.5) is 0 Å². The van der Waals surface area contributed by atoms with Gasteiger partial charge in [-0.15, -0.1) is 0 Å². The van der Waals surface area contributed by atoms with E-state index in [4.69, 9.17) is 0 Å². The fourth-order valence-electron chi connectivity index (χ4n) is 4.13. The molecule has 0 aliphatic heterocycles. The number of pyridine rings is 1. The lowest BCUT2D eigenvalue weighted by Gasteiger charge is -2.17. The first-order chi connectivity index (χ1) is 14.1. The van der Waals surface area contributed by atoms with Gasteiger partial charge in [-0.1, -0.05) is 26.8 Å². The fourth-order valence-corrected chi connectivity index (χ4v) is 4.13. The van der Waals surface area contributed by atoms with E-state index in [1.807, 2.05) is 26.1 Å². The Bertz CT molecular complexity index is 1040. The number of hydrogen-bond donors (Lipinski definition) is 2. The van der Waals surface area contributed by atoms with Gasteiger partial charge < -0.3 is 10.1 Å². The van der Waals surface area contributed by atoms with Crippen LogP contribution in [-0.4, -0.2) is 26.5 Å². The summed E-state index contributed by atoms with van der Waals surface area (Å²) in [5, 5.41) is 11.1. The molecule has 1 atom stereocenters. The van der Waals surface area contributed by atoms with Crippen molar-refractivity contribution >= 4 is 16.7 Å². The van der Waals surface area contributed by atoms with E-state index in [0.29, 0.717) is 25.2 Å². The van der Waals surface area contributed by atoms with Crippen LogP contribution in [0.2, 0.25) is 0 Å². The van der Waals surface area contributed by atoms with Crippen LogP contribution in [-0.2, 0) is 4.79 Å². The molecule has 0 amide bonds. The number of rotatable bonds is 8. The number of aromatic amines is 1. The number of ketones is 1. The maximum Gasteiger partial charge on any atom is 0.140 e. The molecule has 0 saturated heterocycles. The van der Waals surface area contributed by atoms with E-state index in [9.17, 15) is 9.90 Å². The largest absolute Gasteiger partial charge is 0.390 e. The standard InChI is InChI=1S/C26H34N2O2/c1-16(2)24-21-15-19(18(4)23(29)8-7-12-26(5,6)30)9-10-22(21)28-25(24)20-11-13-27-17(3)14-20/h9-11,13-16,18,28,30H,7-8,12H2,1-6H3. The van der Waals surface area contributed by atoms with E-state index in [-0.39, 0.29) is 11.7 Å². The van der Waals surface area contributed by atoms with Gasteiger partial charge in [0.1, 0.15) is 5.78 Å². The number of aliphatic hydroxyl groups is 1. The van der Waals surface area contributed by atoms with Crippen molar-refractivity contribution in [3.05, 3.63) is 53.3 Å². The Morgan fingerprint density at radius 1 is 1.17 bits per heavy atom. The van der Waals surface area contributed by atoms with Crippen molar-refractivity contribution in [3.8, 4) is 11.3 Å². The van der Waals surface area contributed by atoms with Gasteiger partial charge in [0.05, 0.1) is 11.3 Å². The van der Waals surface area contributed by atoms with E-state index in [1.54, 1.807) is 13.8 Å². The highest BCUT2D eigenvalue weighted by Crippen LogP contribution is 2.37. The van der Waals surface area contributed by atoms with Gasteiger partial charge in [0.15, 0.2) is 0 Å². The molecule has 0 aliphatic carbocycles. The van der Waals surface area contributed by atoms with Crippen molar-refractivity contribution in [3.63, 3.8) is 0 Å². The second-order valence-electron chi connectivity index (χ2n) is 9.41. The molecule has 160 valence electrons. The summed E-state index contributed by atoms with van der Waals surface area (Å²) in [5.41, 5.74) is 5.96. The Morgan fingerprint density at radius 3 is 2.53 bits per heavy atom. The molecule has 1 aromatic carbocycles. The summed E-state index contributed by atoms with van der Waals surface area (Å²) in [4.78, 5) is 20.7. The fraction of sp³-hybridized carbons (Fsp3) is 0.462. The SMILES string of the molecule is Cc1cc(-c2[nH]c3ccc(C(C)C(=O)CCCC(C)(C)O)cc3c2C(C)C)ccn1. The van der Waals surface area contributed by atoms with Gasteiger partial charge in [-0.3, -0.25) is 9.78 Å². The minimum absolute atomic E-state index is 0.155. The Kier molecular flexibility index (Phi) is 6.47. The van der Waals surface area contributed by atoms with Gasteiger partial charge >= 0.3 is 0 Å². The second-order valence-corrected chi connectivity index (χ2v) is 9.41. The lowest BCUT2D eigenvalue weighted by molar-refractivity contribution is -0.120. The lowest BCUT2D eigenvalue weighted by Crippen LogP contribution is -2.19. The number of aromatic nitrogens is 2. The Morgan fingerprint density at radius 2 is 1.90 bits per heavy atom. The smallest absolute Gasteiger partial charge is 0.140 e. The zero-order chi connectivity index (χ0) is 22.1. The van der Waals surface area contributed by atoms with Crippen LogP contribution >= 0.6 is 0 Å². The normalized spacial score (nSPS) is 13.2. The second kappa shape index (κ2) is 8.73. The van der Waals surface area contributed by atoms with Gasteiger partial charge in [-0.05, 0) is 74.9 Å². The highest BCUT2D eigenvalue weighted by molar-refractivity contribution is 5.93. The minimum atomic E-state index is -0.721.